The lowest BCUT2D eigenvalue weighted by molar-refractivity contribution is -0.159. The molecule has 1 unspecified atom stereocenters. The van der Waals surface area contributed by atoms with Crippen LogP contribution in [0.5, 0.6) is 5.75 Å². The Kier molecular flexibility index (Phi) is 5.98. The average molecular weight is 310 g/mol. The molecule has 0 aliphatic carbocycles. The second-order valence-electron chi connectivity index (χ2n) is 5.38. The van der Waals surface area contributed by atoms with E-state index < -0.39 is 12.3 Å². The van der Waals surface area contributed by atoms with Crippen LogP contribution < -0.4 is 4.74 Å². The second-order valence-corrected chi connectivity index (χ2v) is 5.38. The zero-order valence-corrected chi connectivity index (χ0v) is 13.6. The summed E-state index contributed by atoms with van der Waals surface area (Å²) in [5.74, 6) is 0.271. The van der Waals surface area contributed by atoms with Crippen molar-refractivity contribution in [2.75, 3.05) is 0 Å². The highest BCUT2D eigenvalue weighted by molar-refractivity contribution is 5.87. The van der Waals surface area contributed by atoms with Crippen LogP contribution in [0.4, 0.5) is 0 Å². The summed E-state index contributed by atoms with van der Waals surface area (Å²) in [6, 6.07) is 17.7. The Labute approximate surface area is 137 Å². The van der Waals surface area contributed by atoms with Gasteiger partial charge in [0.25, 0.3) is 0 Å². The number of carbonyl (C=O) groups is 1. The SMILES string of the molecule is C=C(C)C(=O)OC(CCC)Oc1ccccc1-c1ccccc1. The number of hydrogen-bond acceptors (Lipinski definition) is 3. The molecule has 3 heteroatoms. The summed E-state index contributed by atoms with van der Waals surface area (Å²) in [5, 5.41) is 0. The average Bonchev–Trinajstić information content (AvgIpc) is 2.56. The molecule has 0 aliphatic rings. The fourth-order valence-electron chi connectivity index (χ4n) is 2.16. The standard InChI is InChI=1S/C20H22O3/c1-4-10-19(23-20(21)15(2)3)22-18-14-9-8-13-17(18)16-11-6-5-7-12-16/h5-9,11-14,19H,2,4,10H2,1,3H3. The van der Waals surface area contributed by atoms with E-state index in [-0.39, 0.29) is 0 Å². The highest BCUT2D eigenvalue weighted by Crippen LogP contribution is 2.31. The molecule has 0 aliphatic heterocycles. The van der Waals surface area contributed by atoms with Crippen LogP contribution in [0.3, 0.4) is 0 Å². The summed E-state index contributed by atoms with van der Waals surface area (Å²) in [6.45, 7) is 7.26. The molecule has 0 fully saturated rings. The number of hydrogen-bond donors (Lipinski definition) is 0. The van der Waals surface area contributed by atoms with Crippen LogP contribution in [0.1, 0.15) is 26.7 Å². The maximum Gasteiger partial charge on any atom is 0.336 e. The van der Waals surface area contributed by atoms with E-state index in [1.54, 1.807) is 6.92 Å². The van der Waals surface area contributed by atoms with E-state index in [1.807, 2.05) is 61.5 Å². The first-order valence-electron chi connectivity index (χ1n) is 7.79. The van der Waals surface area contributed by atoms with E-state index in [1.165, 1.54) is 0 Å². The van der Waals surface area contributed by atoms with Crippen molar-refractivity contribution in [2.45, 2.75) is 33.0 Å². The third-order valence-electron chi connectivity index (χ3n) is 3.34. The molecule has 1 atom stereocenters. The van der Waals surface area contributed by atoms with Crippen molar-refractivity contribution in [1.29, 1.82) is 0 Å². The first-order chi connectivity index (χ1) is 11.1. The van der Waals surface area contributed by atoms with Gasteiger partial charge in [0.1, 0.15) is 5.75 Å². The first kappa shape index (κ1) is 16.8. The highest BCUT2D eigenvalue weighted by atomic mass is 16.7. The Morgan fingerprint density at radius 2 is 1.74 bits per heavy atom. The zero-order chi connectivity index (χ0) is 16.7. The molecule has 0 saturated carbocycles. The molecule has 120 valence electrons. The van der Waals surface area contributed by atoms with Gasteiger partial charge in [-0.1, -0.05) is 62.0 Å². The van der Waals surface area contributed by atoms with Crippen molar-refractivity contribution in [2.24, 2.45) is 0 Å². The van der Waals surface area contributed by atoms with E-state index in [9.17, 15) is 4.79 Å². The van der Waals surface area contributed by atoms with Crippen LogP contribution in [0.15, 0.2) is 66.7 Å². The lowest BCUT2D eigenvalue weighted by Gasteiger charge is -2.21. The molecule has 0 heterocycles. The van der Waals surface area contributed by atoms with Gasteiger partial charge >= 0.3 is 5.97 Å². The lowest BCUT2D eigenvalue weighted by atomic mass is 10.0. The number of ether oxygens (including phenoxy) is 2. The summed E-state index contributed by atoms with van der Waals surface area (Å²) in [6.07, 6.45) is 0.859. The summed E-state index contributed by atoms with van der Waals surface area (Å²) in [4.78, 5) is 11.8. The van der Waals surface area contributed by atoms with Crippen LogP contribution in [0, 0.1) is 0 Å². The number of rotatable bonds is 7. The van der Waals surface area contributed by atoms with E-state index >= 15 is 0 Å². The Morgan fingerprint density at radius 3 is 2.39 bits per heavy atom. The topological polar surface area (TPSA) is 35.5 Å². The molecule has 0 saturated heterocycles. The molecule has 0 aromatic heterocycles. The largest absolute Gasteiger partial charge is 0.454 e. The lowest BCUT2D eigenvalue weighted by Crippen LogP contribution is -2.24. The first-order valence-corrected chi connectivity index (χ1v) is 7.79. The minimum atomic E-state index is -0.617. The Balaban J connectivity index is 2.23. The molecule has 0 N–H and O–H groups in total. The van der Waals surface area contributed by atoms with Crippen molar-refractivity contribution in [3.8, 4) is 16.9 Å². The predicted molar refractivity (Wildman–Crippen MR) is 92.1 cm³/mol. The third kappa shape index (κ3) is 4.71. The molecule has 2 aromatic rings. The zero-order valence-electron chi connectivity index (χ0n) is 13.6. The molecular formula is C20H22O3. The quantitative estimate of drug-likeness (QED) is 0.411. The summed E-state index contributed by atoms with van der Waals surface area (Å²) in [5.41, 5.74) is 2.40. The van der Waals surface area contributed by atoms with Gasteiger partial charge in [-0.05, 0) is 25.0 Å². The van der Waals surface area contributed by atoms with E-state index in [0.29, 0.717) is 17.7 Å². The van der Waals surface area contributed by atoms with Gasteiger partial charge in [0.05, 0.1) is 0 Å². The van der Waals surface area contributed by atoms with Gasteiger partial charge in [0.2, 0.25) is 6.29 Å². The van der Waals surface area contributed by atoms with E-state index in [2.05, 4.69) is 6.58 Å². The molecule has 23 heavy (non-hydrogen) atoms. The van der Waals surface area contributed by atoms with E-state index in [4.69, 9.17) is 9.47 Å². The predicted octanol–water partition coefficient (Wildman–Crippen LogP) is 4.98. The van der Waals surface area contributed by atoms with Crippen molar-refractivity contribution in [1.82, 2.24) is 0 Å². The number of esters is 1. The summed E-state index contributed by atoms with van der Waals surface area (Å²) >= 11 is 0. The Hall–Kier alpha value is -2.55. The normalized spacial score (nSPS) is 11.6. The van der Waals surface area contributed by atoms with Gasteiger partial charge in [-0.3, -0.25) is 0 Å². The third-order valence-corrected chi connectivity index (χ3v) is 3.34. The van der Waals surface area contributed by atoms with Gasteiger partial charge in [-0.2, -0.15) is 0 Å². The van der Waals surface area contributed by atoms with Gasteiger partial charge in [0.15, 0.2) is 0 Å². The molecule has 2 aromatic carbocycles. The van der Waals surface area contributed by atoms with Gasteiger partial charge in [-0.25, -0.2) is 4.79 Å². The van der Waals surface area contributed by atoms with E-state index in [0.717, 1.165) is 17.5 Å². The smallest absolute Gasteiger partial charge is 0.336 e. The number of benzene rings is 2. The Morgan fingerprint density at radius 1 is 1.09 bits per heavy atom. The van der Waals surface area contributed by atoms with Crippen molar-refractivity contribution in [3.63, 3.8) is 0 Å². The van der Waals surface area contributed by atoms with Crippen molar-refractivity contribution >= 4 is 5.97 Å². The van der Waals surface area contributed by atoms with Crippen LogP contribution in [-0.2, 0) is 9.53 Å². The molecule has 2 rings (SSSR count). The molecule has 0 spiro atoms. The molecule has 0 amide bonds. The van der Waals surface area contributed by atoms with Crippen LogP contribution in [-0.4, -0.2) is 12.3 Å². The van der Waals surface area contributed by atoms with Crippen LogP contribution in [0.2, 0.25) is 0 Å². The van der Waals surface area contributed by atoms with Crippen LogP contribution in [0.25, 0.3) is 11.1 Å². The second kappa shape index (κ2) is 8.18. The van der Waals surface area contributed by atoms with Gasteiger partial charge in [-0.15, -0.1) is 0 Å². The molecular weight excluding hydrogens is 288 g/mol. The van der Waals surface area contributed by atoms with Crippen molar-refractivity contribution < 1.29 is 14.3 Å². The van der Waals surface area contributed by atoms with Crippen LogP contribution >= 0.6 is 0 Å². The van der Waals surface area contributed by atoms with Gasteiger partial charge in [0, 0.05) is 17.6 Å². The summed E-state index contributed by atoms with van der Waals surface area (Å²) < 4.78 is 11.4. The number of carbonyl (C=O) groups excluding carboxylic acids is 1. The highest BCUT2D eigenvalue weighted by Gasteiger charge is 2.17. The fourth-order valence-corrected chi connectivity index (χ4v) is 2.16. The minimum Gasteiger partial charge on any atom is -0.454 e. The minimum absolute atomic E-state index is 0.367. The summed E-state index contributed by atoms with van der Waals surface area (Å²) in [7, 11) is 0. The fraction of sp³-hybridized carbons (Fsp3) is 0.250. The molecule has 0 radical (unpaired) electrons. The maximum absolute atomic E-state index is 11.8. The Bertz CT molecular complexity index is 662. The molecule has 3 nitrogen and oxygen atoms in total. The van der Waals surface area contributed by atoms with Gasteiger partial charge < -0.3 is 9.47 Å². The monoisotopic (exact) mass is 310 g/mol. The van der Waals surface area contributed by atoms with Crippen molar-refractivity contribution in [3.05, 3.63) is 66.7 Å². The molecule has 0 bridgehead atoms. The number of para-hydroxylation sites is 1. The maximum atomic E-state index is 11.8.